The molecule has 1 aliphatic rings. The number of aromatic nitrogens is 5. The van der Waals surface area contributed by atoms with Gasteiger partial charge in [-0.1, -0.05) is 5.21 Å². The molecule has 1 saturated heterocycles. The third kappa shape index (κ3) is 2.34. The number of carbonyl (C=O) groups is 1. The van der Waals surface area contributed by atoms with Gasteiger partial charge in [0.2, 0.25) is 5.91 Å². The summed E-state index contributed by atoms with van der Waals surface area (Å²) in [6.07, 6.45) is 7.27. The number of hydrogen-bond donors (Lipinski definition) is 2. The van der Waals surface area contributed by atoms with Gasteiger partial charge >= 0.3 is 0 Å². The smallest absolute Gasteiger partial charge is 0.223 e. The average Bonchev–Trinajstić information content (AvgIpc) is 3.25. The fourth-order valence-corrected chi connectivity index (χ4v) is 2.83. The zero-order valence-corrected chi connectivity index (χ0v) is 12.0. The van der Waals surface area contributed by atoms with Crippen LogP contribution in [0.3, 0.4) is 0 Å². The molecule has 112 valence electrons. The Labute approximate surface area is 126 Å². The van der Waals surface area contributed by atoms with Crippen LogP contribution in [0.5, 0.6) is 0 Å². The van der Waals surface area contributed by atoms with Crippen LogP contribution >= 0.6 is 0 Å². The largest absolute Gasteiger partial charge is 0.356 e. The predicted octanol–water partition coefficient (Wildman–Crippen LogP) is 1.35. The maximum absolute atomic E-state index is 11.6. The second kappa shape index (κ2) is 5.25. The van der Waals surface area contributed by atoms with Gasteiger partial charge in [0.05, 0.1) is 6.20 Å². The molecule has 22 heavy (non-hydrogen) atoms. The molecule has 0 spiro atoms. The minimum absolute atomic E-state index is 0.102. The first-order valence-corrected chi connectivity index (χ1v) is 7.41. The lowest BCUT2D eigenvalue weighted by molar-refractivity contribution is -0.122. The highest BCUT2D eigenvalue weighted by molar-refractivity contribution is 5.81. The molecule has 1 atom stereocenters. The Morgan fingerprint density at radius 2 is 2.36 bits per heavy atom. The molecule has 7 heteroatoms. The van der Waals surface area contributed by atoms with E-state index in [1.807, 2.05) is 24.5 Å². The Morgan fingerprint density at radius 3 is 3.23 bits per heavy atom. The van der Waals surface area contributed by atoms with Gasteiger partial charge in [0, 0.05) is 42.4 Å². The van der Waals surface area contributed by atoms with E-state index in [9.17, 15) is 4.79 Å². The summed E-state index contributed by atoms with van der Waals surface area (Å²) in [5.74, 6) is 0.257. The van der Waals surface area contributed by atoms with E-state index >= 15 is 0 Å². The molecular weight excluding hydrogens is 280 g/mol. The van der Waals surface area contributed by atoms with Crippen molar-refractivity contribution >= 4 is 16.9 Å². The van der Waals surface area contributed by atoms with Crippen LogP contribution in [0.25, 0.3) is 22.3 Å². The minimum atomic E-state index is 0.102. The molecule has 4 rings (SSSR count). The average molecular weight is 296 g/mol. The van der Waals surface area contributed by atoms with Gasteiger partial charge in [-0.3, -0.25) is 9.48 Å². The third-order valence-electron chi connectivity index (χ3n) is 4.10. The fraction of sp³-hybridized carbons (Fsp3) is 0.333. The Hall–Kier alpha value is -2.70. The molecule has 1 unspecified atom stereocenters. The molecule has 1 amide bonds. The van der Waals surface area contributed by atoms with Crippen molar-refractivity contribution in [3.8, 4) is 11.3 Å². The summed E-state index contributed by atoms with van der Waals surface area (Å²) in [6, 6.07) is 4.02. The molecule has 0 aliphatic carbocycles. The SMILES string of the molecule is O=C1NCCC1CCn1cc(-c2cnc3[nH]ccc3c2)nn1. The number of rotatable bonds is 4. The van der Waals surface area contributed by atoms with Crippen LogP contribution in [0.1, 0.15) is 12.8 Å². The van der Waals surface area contributed by atoms with Crippen LogP contribution in [-0.2, 0) is 11.3 Å². The van der Waals surface area contributed by atoms with Crippen molar-refractivity contribution in [2.45, 2.75) is 19.4 Å². The first kappa shape index (κ1) is 13.0. The van der Waals surface area contributed by atoms with E-state index in [0.717, 1.165) is 41.7 Å². The third-order valence-corrected chi connectivity index (χ3v) is 4.10. The van der Waals surface area contributed by atoms with E-state index in [4.69, 9.17) is 0 Å². The number of fused-ring (bicyclic) bond motifs is 1. The fourth-order valence-electron chi connectivity index (χ4n) is 2.83. The van der Waals surface area contributed by atoms with E-state index in [0.29, 0.717) is 6.54 Å². The number of pyridine rings is 1. The summed E-state index contributed by atoms with van der Waals surface area (Å²) in [6.45, 7) is 1.49. The normalized spacial score (nSPS) is 18.0. The molecular formula is C15H16N6O. The van der Waals surface area contributed by atoms with Crippen LogP contribution < -0.4 is 5.32 Å². The van der Waals surface area contributed by atoms with Crippen molar-refractivity contribution in [1.29, 1.82) is 0 Å². The first-order chi connectivity index (χ1) is 10.8. The van der Waals surface area contributed by atoms with Crippen LogP contribution in [0.2, 0.25) is 0 Å². The van der Waals surface area contributed by atoms with Crippen molar-refractivity contribution in [2.75, 3.05) is 6.54 Å². The van der Waals surface area contributed by atoms with Gasteiger partial charge in [-0.15, -0.1) is 5.10 Å². The van der Waals surface area contributed by atoms with Gasteiger partial charge in [-0.2, -0.15) is 0 Å². The van der Waals surface area contributed by atoms with Gasteiger partial charge in [0.25, 0.3) is 0 Å². The molecule has 0 aromatic carbocycles. The summed E-state index contributed by atoms with van der Waals surface area (Å²) in [5, 5.41) is 12.3. The monoisotopic (exact) mass is 296 g/mol. The molecule has 4 heterocycles. The molecule has 1 fully saturated rings. The van der Waals surface area contributed by atoms with Crippen LogP contribution in [0.4, 0.5) is 0 Å². The highest BCUT2D eigenvalue weighted by Gasteiger charge is 2.23. The summed E-state index contributed by atoms with van der Waals surface area (Å²) in [7, 11) is 0. The van der Waals surface area contributed by atoms with Gasteiger partial charge < -0.3 is 10.3 Å². The molecule has 0 bridgehead atoms. The molecule has 1 aliphatic heterocycles. The predicted molar refractivity (Wildman–Crippen MR) is 80.8 cm³/mol. The quantitative estimate of drug-likeness (QED) is 0.760. The molecule has 0 radical (unpaired) electrons. The zero-order chi connectivity index (χ0) is 14.9. The Morgan fingerprint density at radius 1 is 1.41 bits per heavy atom. The highest BCUT2D eigenvalue weighted by atomic mass is 16.2. The van der Waals surface area contributed by atoms with Crippen molar-refractivity contribution in [2.24, 2.45) is 5.92 Å². The number of aromatic amines is 1. The maximum atomic E-state index is 11.6. The van der Waals surface area contributed by atoms with Gasteiger partial charge in [0.1, 0.15) is 11.3 Å². The zero-order valence-electron chi connectivity index (χ0n) is 12.0. The van der Waals surface area contributed by atoms with Gasteiger partial charge in [-0.05, 0) is 25.0 Å². The van der Waals surface area contributed by atoms with Gasteiger partial charge in [0.15, 0.2) is 0 Å². The lowest BCUT2D eigenvalue weighted by Gasteiger charge is -2.05. The molecule has 7 nitrogen and oxygen atoms in total. The van der Waals surface area contributed by atoms with Crippen LogP contribution in [-0.4, -0.2) is 37.4 Å². The maximum Gasteiger partial charge on any atom is 0.223 e. The summed E-state index contributed by atoms with van der Waals surface area (Å²) < 4.78 is 1.79. The van der Waals surface area contributed by atoms with Crippen molar-refractivity contribution in [3.05, 3.63) is 30.7 Å². The van der Waals surface area contributed by atoms with Gasteiger partial charge in [-0.25, -0.2) is 4.98 Å². The number of H-pyrrole nitrogens is 1. The molecule has 0 saturated carbocycles. The Bertz CT molecular complexity index is 820. The lowest BCUT2D eigenvalue weighted by Crippen LogP contribution is -2.20. The van der Waals surface area contributed by atoms with E-state index in [-0.39, 0.29) is 11.8 Å². The van der Waals surface area contributed by atoms with Crippen LogP contribution in [0, 0.1) is 5.92 Å². The number of carbonyl (C=O) groups excluding carboxylic acids is 1. The topological polar surface area (TPSA) is 88.5 Å². The molecule has 2 N–H and O–H groups in total. The first-order valence-electron chi connectivity index (χ1n) is 7.41. The van der Waals surface area contributed by atoms with Crippen molar-refractivity contribution in [3.63, 3.8) is 0 Å². The second-order valence-corrected chi connectivity index (χ2v) is 5.57. The van der Waals surface area contributed by atoms with E-state index in [1.54, 1.807) is 10.9 Å². The lowest BCUT2D eigenvalue weighted by atomic mass is 10.0. The standard InChI is InChI=1S/C15H16N6O/c22-15-10(1-5-17-15)3-6-21-9-13(19-20-21)12-7-11-2-4-16-14(11)18-8-12/h2,4,7-10H,1,3,5-6H2,(H,16,18)(H,17,22). The highest BCUT2D eigenvalue weighted by Crippen LogP contribution is 2.20. The second-order valence-electron chi connectivity index (χ2n) is 5.57. The Balaban J connectivity index is 1.49. The number of nitrogens with one attached hydrogen (secondary N) is 2. The number of nitrogens with zero attached hydrogens (tertiary/aromatic N) is 4. The Kier molecular flexibility index (Phi) is 3.10. The minimum Gasteiger partial charge on any atom is -0.356 e. The molecule has 3 aromatic rings. The number of aryl methyl sites for hydroxylation is 1. The van der Waals surface area contributed by atoms with Crippen LogP contribution in [0.15, 0.2) is 30.7 Å². The number of amides is 1. The van der Waals surface area contributed by atoms with E-state index in [2.05, 4.69) is 25.6 Å². The van der Waals surface area contributed by atoms with E-state index in [1.165, 1.54) is 0 Å². The number of hydrogen-bond acceptors (Lipinski definition) is 4. The van der Waals surface area contributed by atoms with E-state index < -0.39 is 0 Å². The van der Waals surface area contributed by atoms with Crippen molar-refractivity contribution in [1.82, 2.24) is 30.3 Å². The van der Waals surface area contributed by atoms with Crippen molar-refractivity contribution < 1.29 is 4.79 Å². The summed E-state index contributed by atoms with van der Waals surface area (Å²) in [5.41, 5.74) is 2.60. The molecule has 3 aromatic heterocycles. The summed E-state index contributed by atoms with van der Waals surface area (Å²) in [4.78, 5) is 19.0. The summed E-state index contributed by atoms with van der Waals surface area (Å²) >= 11 is 0.